The number of amides is 2. The molecule has 0 saturated carbocycles. The molecule has 0 aliphatic carbocycles. The monoisotopic (exact) mass is 387 g/mol. The molecule has 2 heterocycles. The number of benzene rings is 1. The molecule has 0 unspecified atom stereocenters. The Morgan fingerprint density at radius 2 is 1.89 bits per heavy atom. The zero-order valence-corrected chi connectivity index (χ0v) is 17.0. The molecule has 0 bridgehead atoms. The quantitative estimate of drug-likeness (QED) is 0.662. The lowest BCUT2D eigenvalue weighted by atomic mass is 9.99. The minimum Gasteiger partial charge on any atom is -0.484 e. The Morgan fingerprint density at radius 1 is 1.14 bits per heavy atom. The standard InChI is InChI=1S/C22H33N3O3/c1-18-10-15-24(16-11-18)13-3-2-12-23-21(26)17-28-20-8-6-19(7-9-20)25-14-4-5-22(25)27/h6-9,18H,2-5,10-17H2,1H3,(H,23,26). The second-order valence-corrected chi connectivity index (χ2v) is 8.01. The van der Waals surface area contributed by atoms with Gasteiger partial charge in [-0.25, -0.2) is 0 Å². The molecule has 1 N–H and O–H groups in total. The summed E-state index contributed by atoms with van der Waals surface area (Å²) in [6.45, 7) is 7.38. The summed E-state index contributed by atoms with van der Waals surface area (Å²) in [7, 11) is 0. The van der Waals surface area contributed by atoms with Gasteiger partial charge >= 0.3 is 0 Å². The molecule has 1 aromatic rings. The number of nitrogens with zero attached hydrogens (tertiary/aromatic N) is 2. The van der Waals surface area contributed by atoms with E-state index in [2.05, 4.69) is 17.1 Å². The van der Waals surface area contributed by atoms with E-state index in [4.69, 9.17) is 4.74 Å². The number of nitrogens with one attached hydrogen (secondary N) is 1. The number of ether oxygens (including phenoxy) is 1. The van der Waals surface area contributed by atoms with Crippen molar-refractivity contribution in [1.82, 2.24) is 10.2 Å². The second kappa shape index (κ2) is 10.5. The highest BCUT2D eigenvalue weighted by atomic mass is 16.5. The van der Waals surface area contributed by atoms with Crippen molar-refractivity contribution in [1.29, 1.82) is 0 Å². The molecule has 28 heavy (non-hydrogen) atoms. The minimum absolute atomic E-state index is 0.0198. The average molecular weight is 388 g/mol. The van der Waals surface area contributed by atoms with E-state index in [1.165, 1.54) is 25.9 Å². The Hall–Kier alpha value is -2.08. The van der Waals surface area contributed by atoms with Crippen LogP contribution in [0.25, 0.3) is 0 Å². The van der Waals surface area contributed by atoms with Crippen molar-refractivity contribution in [2.45, 2.75) is 45.4 Å². The fraction of sp³-hybridized carbons (Fsp3) is 0.636. The molecule has 0 atom stereocenters. The van der Waals surface area contributed by atoms with Crippen LogP contribution < -0.4 is 15.0 Å². The number of likely N-dealkylation sites (tertiary alicyclic amines) is 1. The van der Waals surface area contributed by atoms with Gasteiger partial charge in [0.1, 0.15) is 5.75 Å². The zero-order chi connectivity index (χ0) is 19.8. The van der Waals surface area contributed by atoms with Crippen LogP contribution in [0.5, 0.6) is 5.75 Å². The van der Waals surface area contributed by atoms with Gasteiger partial charge in [-0.3, -0.25) is 9.59 Å². The number of piperidine rings is 1. The lowest BCUT2D eigenvalue weighted by Crippen LogP contribution is -2.34. The van der Waals surface area contributed by atoms with E-state index >= 15 is 0 Å². The predicted molar refractivity (Wildman–Crippen MR) is 111 cm³/mol. The summed E-state index contributed by atoms with van der Waals surface area (Å²) in [6.07, 6.45) is 6.26. The molecule has 0 radical (unpaired) electrons. The zero-order valence-electron chi connectivity index (χ0n) is 17.0. The molecule has 0 aromatic heterocycles. The topological polar surface area (TPSA) is 61.9 Å². The first kappa shape index (κ1) is 20.6. The lowest BCUT2D eigenvalue weighted by molar-refractivity contribution is -0.123. The molecule has 2 fully saturated rings. The molecule has 2 aliphatic rings. The van der Waals surface area contributed by atoms with Crippen molar-refractivity contribution in [2.75, 3.05) is 44.2 Å². The molecule has 3 rings (SSSR count). The van der Waals surface area contributed by atoms with Gasteiger partial charge < -0.3 is 19.9 Å². The van der Waals surface area contributed by atoms with E-state index in [1.807, 2.05) is 24.3 Å². The van der Waals surface area contributed by atoms with Gasteiger partial charge in [-0.15, -0.1) is 0 Å². The third-order valence-corrected chi connectivity index (χ3v) is 5.69. The second-order valence-electron chi connectivity index (χ2n) is 8.01. The maximum Gasteiger partial charge on any atom is 0.257 e. The molecule has 1 aromatic carbocycles. The number of anilines is 1. The smallest absolute Gasteiger partial charge is 0.257 e. The Labute approximate surface area is 168 Å². The number of carbonyl (C=O) groups is 2. The summed E-state index contributed by atoms with van der Waals surface area (Å²) in [4.78, 5) is 28.0. The predicted octanol–water partition coefficient (Wildman–Crippen LogP) is 2.82. The molecular weight excluding hydrogens is 354 g/mol. The first-order valence-corrected chi connectivity index (χ1v) is 10.6. The third-order valence-electron chi connectivity index (χ3n) is 5.69. The van der Waals surface area contributed by atoms with Crippen LogP contribution in [0.1, 0.15) is 45.4 Å². The maximum atomic E-state index is 11.9. The third kappa shape index (κ3) is 6.23. The average Bonchev–Trinajstić information content (AvgIpc) is 3.14. The van der Waals surface area contributed by atoms with Crippen LogP contribution in [0.4, 0.5) is 5.69 Å². The van der Waals surface area contributed by atoms with Crippen molar-refractivity contribution in [3.8, 4) is 5.75 Å². The Morgan fingerprint density at radius 3 is 2.57 bits per heavy atom. The van der Waals surface area contributed by atoms with E-state index in [-0.39, 0.29) is 18.4 Å². The molecule has 2 aliphatic heterocycles. The van der Waals surface area contributed by atoms with Gasteiger partial charge in [0.25, 0.3) is 5.91 Å². The maximum absolute atomic E-state index is 11.9. The van der Waals surface area contributed by atoms with Crippen molar-refractivity contribution in [3.63, 3.8) is 0 Å². The molecule has 2 amide bonds. The molecule has 0 spiro atoms. The van der Waals surface area contributed by atoms with Gasteiger partial charge in [-0.1, -0.05) is 6.92 Å². The van der Waals surface area contributed by atoms with Gasteiger partial charge in [-0.2, -0.15) is 0 Å². The van der Waals surface area contributed by atoms with Crippen molar-refractivity contribution < 1.29 is 14.3 Å². The number of carbonyl (C=O) groups excluding carboxylic acids is 2. The van der Waals surface area contributed by atoms with E-state index < -0.39 is 0 Å². The highest BCUT2D eigenvalue weighted by molar-refractivity contribution is 5.95. The normalized spacial score (nSPS) is 18.5. The Kier molecular flexibility index (Phi) is 7.71. The van der Waals surface area contributed by atoms with Gasteiger partial charge in [0.2, 0.25) is 5.91 Å². The molecule has 6 nitrogen and oxygen atoms in total. The van der Waals surface area contributed by atoms with Gasteiger partial charge in [0.05, 0.1) is 0 Å². The van der Waals surface area contributed by atoms with Crippen LogP contribution in [-0.4, -0.2) is 56.0 Å². The summed E-state index contributed by atoms with van der Waals surface area (Å²) < 4.78 is 5.55. The first-order valence-electron chi connectivity index (χ1n) is 10.6. The highest BCUT2D eigenvalue weighted by Gasteiger charge is 2.21. The number of hydrogen-bond acceptors (Lipinski definition) is 4. The van der Waals surface area contributed by atoms with Gasteiger partial charge in [-0.05, 0) is 81.9 Å². The summed E-state index contributed by atoms with van der Waals surface area (Å²) in [5.41, 5.74) is 0.891. The number of unbranched alkanes of at least 4 members (excludes halogenated alkanes) is 1. The lowest BCUT2D eigenvalue weighted by Gasteiger charge is -2.30. The summed E-state index contributed by atoms with van der Waals surface area (Å²) in [5, 5.41) is 2.92. The Balaban J connectivity index is 1.26. The van der Waals surface area contributed by atoms with Crippen LogP contribution in [0.15, 0.2) is 24.3 Å². The molecule has 154 valence electrons. The summed E-state index contributed by atoms with van der Waals surface area (Å²) >= 11 is 0. The van der Waals surface area contributed by atoms with E-state index in [0.29, 0.717) is 18.7 Å². The van der Waals surface area contributed by atoms with Gasteiger partial charge in [0, 0.05) is 25.2 Å². The largest absolute Gasteiger partial charge is 0.484 e. The highest BCUT2D eigenvalue weighted by Crippen LogP contribution is 2.23. The minimum atomic E-state index is -0.0920. The van der Waals surface area contributed by atoms with Crippen LogP contribution >= 0.6 is 0 Å². The van der Waals surface area contributed by atoms with E-state index in [9.17, 15) is 9.59 Å². The SMILES string of the molecule is CC1CCN(CCCCNC(=O)COc2ccc(N3CCCC3=O)cc2)CC1. The molecular formula is C22H33N3O3. The van der Waals surface area contributed by atoms with Crippen molar-refractivity contribution in [3.05, 3.63) is 24.3 Å². The van der Waals surface area contributed by atoms with Crippen LogP contribution in [0, 0.1) is 5.92 Å². The number of rotatable bonds is 9. The molecule has 2 saturated heterocycles. The summed E-state index contributed by atoms with van der Waals surface area (Å²) in [5.74, 6) is 1.59. The summed E-state index contributed by atoms with van der Waals surface area (Å²) in [6, 6.07) is 7.37. The first-order chi connectivity index (χ1) is 13.6. The van der Waals surface area contributed by atoms with Crippen LogP contribution in [0.2, 0.25) is 0 Å². The fourth-order valence-electron chi connectivity index (χ4n) is 3.82. The fourth-order valence-corrected chi connectivity index (χ4v) is 3.82. The molecule has 6 heteroatoms. The van der Waals surface area contributed by atoms with Crippen molar-refractivity contribution in [2.24, 2.45) is 5.92 Å². The van der Waals surface area contributed by atoms with Gasteiger partial charge in [0.15, 0.2) is 6.61 Å². The Bertz CT molecular complexity index is 639. The van der Waals surface area contributed by atoms with E-state index in [1.54, 1.807) is 4.90 Å². The van der Waals surface area contributed by atoms with Crippen molar-refractivity contribution >= 4 is 17.5 Å². The van der Waals surface area contributed by atoms with Crippen LogP contribution in [0.3, 0.4) is 0 Å². The van der Waals surface area contributed by atoms with Crippen LogP contribution in [-0.2, 0) is 9.59 Å². The van der Waals surface area contributed by atoms with E-state index in [0.717, 1.165) is 44.0 Å². The number of hydrogen-bond donors (Lipinski definition) is 1.